The molecule has 1 aliphatic rings. The average Bonchev–Trinajstić information content (AvgIpc) is 3.02. The number of carbonyl (C=O) groups is 2. The van der Waals surface area contributed by atoms with E-state index >= 15 is 0 Å². The fourth-order valence-electron chi connectivity index (χ4n) is 3.03. The lowest BCUT2D eigenvalue weighted by Crippen LogP contribution is -2.43. The predicted molar refractivity (Wildman–Crippen MR) is 97.7 cm³/mol. The standard InChI is InChI=1S/C19H14ClF3N4O2/c20-15-2-1-11(5-16(15)21)14-8-25-4-3-13(14)18(29)26-9-17(28)27-10-19(22,23)6-12(27)7-24/h1-5,8,12H,6,9-10H2,(H,26,29)/t12-/m0/s1. The summed E-state index contributed by atoms with van der Waals surface area (Å²) >= 11 is 5.67. The van der Waals surface area contributed by atoms with Crippen LogP contribution in [0.15, 0.2) is 36.7 Å². The number of hydrogen-bond donors (Lipinski definition) is 1. The second-order valence-electron chi connectivity index (χ2n) is 6.46. The molecule has 2 aromatic rings. The smallest absolute Gasteiger partial charge is 0.268 e. The Balaban J connectivity index is 1.74. The normalized spacial score (nSPS) is 17.6. The number of likely N-dealkylation sites (tertiary alicyclic amines) is 1. The lowest BCUT2D eigenvalue weighted by atomic mass is 10.0. The van der Waals surface area contributed by atoms with Crippen molar-refractivity contribution in [2.24, 2.45) is 0 Å². The van der Waals surface area contributed by atoms with Gasteiger partial charge in [0.2, 0.25) is 5.91 Å². The van der Waals surface area contributed by atoms with Gasteiger partial charge in [-0.25, -0.2) is 13.2 Å². The molecule has 2 heterocycles. The van der Waals surface area contributed by atoms with Gasteiger partial charge < -0.3 is 10.2 Å². The third-order valence-electron chi connectivity index (χ3n) is 4.44. The molecule has 1 N–H and O–H groups in total. The Morgan fingerprint density at radius 2 is 2.14 bits per heavy atom. The molecule has 1 aliphatic heterocycles. The molecule has 1 saturated heterocycles. The van der Waals surface area contributed by atoms with Gasteiger partial charge in [-0.3, -0.25) is 14.6 Å². The second kappa shape index (κ2) is 8.09. The van der Waals surface area contributed by atoms with Crippen LogP contribution in [-0.4, -0.2) is 46.8 Å². The lowest BCUT2D eigenvalue weighted by Gasteiger charge is -2.19. The molecular formula is C19H14ClF3N4O2. The molecule has 1 aromatic carbocycles. The van der Waals surface area contributed by atoms with Crippen LogP contribution in [0, 0.1) is 17.1 Å². The average molecular weight is 423 g/mol. The number of rotatable bonds is 4. The van der Waals surface area contributed by atoms with Crippen molar-refractivity contribution < 1.29 is 22.8 Å². The van der Waals surface area contributed by atoms with E-state index in [2.05, 4.69) is 10.3 Å². The van der Waals surface area contributed by atoms with Gasteiger partial charge in [-0.2, -0.15) is 5.26 Å². The van der Waals surface area contributed by atoms with Crippen molar-refractivity contribution in [1.82, 2.24) is 15.2 Å². The quantitative estimate of drug-likeness (QED) is 0.820. The van der Waals surface area contributed by atoms with Crippen molar-refractivity contribution in [3.8, 4) is 17.2 Å². The van der Waals surface area contributed by atoms with Crippen LogP contribution in [-0.2, 0) is 4.79 Å². The molecule has 0 bridgehead atoms. The first-order chi connectivity index (χ1) is 13.7. The van der Waals surface area contributed by atoms with Crippen molar-refractivity contribution in [1.29, 1.82) is 5.26 Å². The number of aromatic nitrogens is 1. The van der Waals surface area contributed by atoms with Gasteiger partial charge in [0.05, 0.1) is 29.7 Å². The molecule has 10 heteroatoms. The monoisotopic (exact) mass is 422 g/mol. The van der Waals surface area contributed by atoms with E-state index < -0.39 is 49.1 Å². The third-order valence-corrected chi connectivity index (χ3v) is 4.74. The van der Waals surface area contributed by atoms with Crippen molar-refractivity contribution in [2.45, 2.75) is 18.4 Å². The Kier molecular flexibility index (Phi) is 5.75. The van der Waals surface area contributed by atoms with Crippen molar-refractivity contribution >= 4 is 23.4 Å². The van der Waals surface area contributed by atoms with E-state index in [9.17, 15) is 22.8 Å². The molecule has 150 valence electrons. The van der Waals surface area contributed by atoms with Crippen LogP contribution in [0.25, 0.3) is 11.1 Å². The molecule has 0 spiro atoms. The first kappa shape index (κ1) is 20.6. The van der Waals surface area contributed by atoms with Crippen LogP contribution in [0.3, 0.4) is 0 Å². The number of pyridine rings is 1. The van der Waals surface area contributed by atoms with Gasteiger partial charge in [0, 0.05) is 24.4 Å². The van der Waals surface area contributed by atoms with E-state index in [-0.39, 0.29) is 10.6 Å². The maximum atomic E-state index is 13.8. The van der Waals surface area contributed by atoms with E-state index in [0.29, 0.717) is 11.1 Å². The van der Waals surface area contributed by atoms with Crippen LogP contribution in [0.2, 0.25) is 5.02 Å². The third kappa shape index (κ3) is 4.49. The summed E-state index contributed by atoms with van der Waals surface area (Å²) in [5, 5.41) is 11.2. The van der Waals surface area contributed by atoms with Crippen LogP contribution in [0.4, 0.5) is 13.2 Å². The number of alkyl halides is 2. The van der Waals surface area contributed by atoms with Crippen molar-refractivity contribution in [2.75, 3.05) is 13.1 Å². The van der Waals surface area contributed by atoms with Gasteiger partial charge in [-0.05, 0) is 23.8 Å². The summed E-state index contributed by atoms with van der Waals surface area (Å²) in [6.07, 6.45) is 1.96. The summed E-state index contributed by atoms with van der Waals surface area (Å²) in [6.45, 7) is -1.44. The van der Waals surface area contributed by atoms with Crippen LogP contribution in [0.1, 0.15) is 16.8 Å². The van der Waals surface area contributed by atoms with E-state index in [0.717, 1.165) is 11.0 Å². The van der Waals surface area contributed by atoms with Gasteiger partial charge >= 0.3 is 0 Å². The Hall–Kier alpha value is -3.12. The SMILES string of the molecule is N#C[C@@H]1CC(F)(F)CN1C(=O)CNC(=O)c1ccncc1-c1ccc(Cl)c(F)c1. The van der Waals surface area contributed by atoms with Crippen LogP contribution < -0.4 is 5.32 Å². The number of nitriles is 1. The topological polar surface area (TPSA) is 86.1 Å². The molecule has 6 nitrogen and oxygen atoms in total. The highest BCUT2D eigenvalue weighted by molar-refractivity contribution is 6.30. The molecule has 1 fully saturated rings. The second-order valence-corrected chi connectivity index (χ2v) is 6.87. The minimum atomic E-state index is -3.14. The van der Waals surface area contributed by atoms with Crippen molar-refractivity contribution in [3.05, 3.63) is 53.1 Å². The zero-order valence-electron chi connectivity index (χ0n) is 14.8. The van der Waals surface area contributed by atoms with Gasteiger partial charge in [0.15, 0.2) is 0 Å². The Labute approximate surface area is 168 Å². The number of amides is 2. The molecule has 2 amide bonds. The Bertz CT molecular complexity index is 1010. The molecule has 0 saturated carbocycles. The molecular weight excluding hydrogens is 409 g/mol. The molecule has 1 aromatic heterocycles. The summed E-state index contributed by atoms with van der Waals surface area (Å²) in [6, 6.07) is 5.78. The van der Waals surface area contributed by atoms with Crippen LogP contribution in [0.5, 0.6) is 0 Å². The molecule has 0 aliphatic carbocycles. The number of nitrogens with zero attached hydrogens (tertiary/aromatic N) is 3. The minimum Gasteiger partial charge on any atom is -0.343 e. The summed E-state index contributed by atoms with van der Waals surface area (Å²) in [5.74, 6) is -5.29. The maximum Gasteiger partial charge on any atom is 0.268 e. The van der Waals surface area contributed by atoms with E-state index in [1.165, 1.54) is 30.6 Å². The van der Waals surface area contributed by atoms with E-state index in [1.54, 1.807) is 6.07 Å². The summed E-state index contributed by atoms with van der Waals surface area (Å²) < 4.78 is 40.7. The minimum absolute atomic E-state index is 0.0799. The number of hydrogen-bond acceptors (Lipinski definition) is 4. The van der Waals surface area contributed by atoms with Crippen LogP contribution >= 0.6 is 11.6 Å². The first-order valence-electron chi connectivity index (χ1n) is 8.46. The molecule has 1 atom stereocenters. The van der Waals surface area contributed by atoms with Gasteiger partial charge in [-0.15, -0.1) is 0 Å². The molecule has 0 radical (unpaired) electrons. The highest BCUT2D eigenvalue weighted by Crippen LogP contribution is 2.31. The number of nitrogens with one attached hydrogen (secondary N) is 1. The highest BCUT2D eigenvalue weighted by Gasteiger charge is 2.47. The molecule has 29 heavy (non-hydrogen) atoms. The number of carbonyl (C=O) groups excluding carboxylic acids is 2. The van der Waals surface area contributed by atoms with Gasteiger partial charge in [0.25, 0.3) is 11.8 Å². The summed E-state index contributed by atoms with van der Waals surface area (Å²) in [5.41, 5.74) is 0.758. The number of halogens is 4. The number of benzene rings is 1. The fraction of sp³-hybridized carbons (Fsp3) is 0.263. The Morgan fingerprint density at radius 1 is 1.38 bits per heavy atom. The van der Waals surface area contributed by atoms with Gasteiger partial charge in [0.1, 0.15) is 11.9 Å². The fourth-order valence-corrected chi connectivity index (χ4v) is 3.15. The molecule has 0 unspecified atom stereocenters. The Morgan fingerprint density at radius 3 is 2.83 bits per heavy atom. The van der Waals surface area contributed by atoms with Gasteiger partial charge in [-0.1, -0.05) is 17.7 Å². The summed E-state index contributed by atoms with van der Waals surface area (Å²) in [7, 11) is 0. The summed E-state index contributed by atoms with van der Waals surface area (Å²) in [4.78, 5) is 29.4. The lowest BCUT2D eigenvalue weighted by molar-refractivity contribution is -0.131. The predicted octanol–water partition coefficient (Wildman–Crippen LogP) is 3.03. The highest BCUT2D eigenvalue weighted by atomic mass is 35.5. The van der Waals surface area contributed by atoms with E-state index in [1.807, 2.05) is 0 Å². The zero-order chi connectivity index (χ0) is 21.2. The van der Waals surface area contributed by atoms with E-state index in [4.69, 9.17) is 16.9 Å². The van der Waals surface area contributed by atoms with Crippen molar-refractivity contribution in [3.63, 3.8) is 0 Å². The molecule has 3 rings (SSSR count). The largest absolute Gasteiger partial charge is 0.343 e. The first-order valence-corrected chi connectivity index (χ1v) is 8.84. The maximum absolute atomic E-state index is 13.8. The zero-order valence-corrected chi connectivity index (χ0v) is 15.6.